The fourth-order valence-electron chi connectivity index (χ4n) is 2.07. The second kappa shape index (κ2) is 7.31. The molecule has 5 nitrogen and oxygen atoms in total. The predicted octanol–water partition coefficient (Wildman–Crippen LogP) is 1.22. The Labute approximate surface area is 108 Å². The number of piperidine rings is 1. The summed E-state index contributed by atoms with van der Waals surface area (Å²) in [4.78, 5) is 12.0. The first-order valence-corrected chi connectivity index (χ1v) is 6.42. The van der Waals surface area contributed by atoms with Crippen molar-refractivity contribution in [1.82, 2.24) is 10.5 Å². The summed E-state index contributed by atoms with van der Waals surface area (Å²) in [5.41, 5.74) is 3.10. The average molecular weight is 251 g/mol. The highest BCUT2D eigenvalue weighted by molar-refractivity contribution is 5.38. The van der Waals surface area contributed by atoms with E-state index in [0.717, 1.165) is 31.7 Å². The zero-order chi connectivity index (χ0) is 12.6. The van der Waals surface area contributed by atoms with Gasteiger partial charge in [0.25, 0.3) is 0 Å². The van der Waals surface area contributed by atoms with Gasteiger partial charge in [0, 0.05) is 32.4 Å². The minimum atomic E-state index is 0.432. The van der Waals surface area contributed by atoms with Crippen LogP contribution in [0.3, 0.4) is 0 Å². The van der Waals surface area contributed by atoms with Crippen LogP contribution in [0, 0.1) is 0 Å². The van der Waals surface area contributed by atoms with Crippen LogP contribution in [0.15, 0.2) is 24.4 Å². The molecule has 0 saturated carbocycles. The van der Waals surface area contributed by atoms with Crippen molar-refractivity contribution < 1.29 is 9.57 Å². The third-order valence-electron chi connectivity index (χ3n) is 3.11. The predicted molar refractivity (Wildman–Crippen MR) is 70.4 cm³/mol. The zero-order valence-corrected chi connectivity index (χ0v) is 10.8. The molecule has 1 N–H and O–H groups in total. The Kier molecular flexibility index (Phi) is 5.38. The summed E-state index contributed by atoms with van der Waals surface area (Å²) in [6.45, 7) is 3.25. The summed E-state index contributed by atoms with van der Waals surface area (Å²) in [7, 11) is 1.68. The Bertz CT molecular complexity index is 326. The summed E-state index contributed by atoms with van der Waals surface area (Å²) in [6.07, 6.45) is 3.99. The highest BCUT2D eigenvalue weighted by Gasteiger charge is 2.19. The molecule has 0 spiro atoms. The van der Waals surface area contributed by atoms with Crippen molar-refractivity contribution in [2.75, 3.05) is 38.3 Å². The molecule has 1 aliphatic heterocycles. The summed E-state index contributed by atoms with van der Waals surface area (Å²) in [5, 5.41) is 0. The van der Waals surface area contributed by atoms with Crippen LogP contribution in [0.5, 0.6) is 0 Å². The van der Waals surface area contributed by atoms with Crippen molar-refractivity contribution in [3.63, 3.8) is 0 Å². The molecule has 0 aliphatic carbocycles. The topological polar surface area (TPSA) is 46.6 Å². The molecule has 1 saturated heterocycles. The molecule has 2 rings (SSSR count). The minimum Gasteiger partial charge on any atom is -0.382 e. The summed E-state index contributed by atoms with van der Waals surface area (Å²) in [6, 6.07) is 6.46. The van der Waals surface area contributed by atoms with Crippen molar-refractivity contribution in [3.8, 4) is 0 Å². The molecule has 5 heteroatoms. The summed E-state index contributed by atoms with van der Waals surface area (Å²) in [5.74, 6) is 1.07. The van der Waals surface area contributed by atoms with Crippen LogP contribution in [-0.2, 0) is 9.57 Å². The Balaban J connectivity index is 1.68. The molecular weight excluding hydrogens is 230 g/mol. The van der Waals surface area contributed by atoms with Gasteiger partial charge in [-0.15, -0.1) is 0 Å². The lowest BCUT2D eigenvalue weighted by Gasteiger charge is -2.32. The zero-order valence-electron chi connectivity index (χ0n) is 10.8. The standard InChI is InChI=1S/C13H21N3O2/c1-17-10-11-18-15-12-5-8-16(9-6-12)13-4-2-3-7-14-13/h2-4,7,12,15H,5-6,8-11H2,1H3. The highest BCUT2D eigenvalue weighted by Crippen LogP contribution is 2.16. The first-order valence-electron chi connectivity index (χ1n) is 6.42. The number of anilines is 1. The van der Waals surface area contributed by atoms with Gasteiger partial charge in [0.15, 0.2) is 0 Å². The first-order chi connectivity index (χ1) is 8.90. The van der Waals surface area contributed by atoms with E-state index in [1.807, 2.05) is 18.3 Å². The Morgan fingerprint density at radius 3 is 2.83 bits per heavy atom. The fourth-order valence-corrected chi connectivity index (χ4v) is 2.07. The number of methoxy groups -OCH3 is 1. The van der Waals surface area contributed by atoms with E-state index in [2.05, 4.69) is 21.4 Å². The lowest BCUT2D eigenvalue weighted by molar-refractivity contribution is -0.0158. The van der Waals surface area contributed by atoms with Crippen LogP contribution in [0.1, 0.15) is 12.8 Å². The van der Waals surface area contributed by atoms with Crippen molar-refractivity contribution in [3.05, 3.63) is 24.4 Å². The van der Waals surface area contributed by atoms with E-state index in [0.29, 0.717) is 19.3 Å². The molecule has 0 unspecified atom stereocenters. The Morgan fingerprint density at radius 2 is 2.17 bits per heavy atom. The van der Waals surface area contributed by atoms with Gasteiger partial charge < -0.3 is 9.64 Å². The number of ether oxygens (including phenoxy) is 1. The molecule has 0 atom stereocenters. The van der Waals surface area contributed by atoms with Gasteiger partial charge in [-0.25, -0.2) is 4.98 Å². The van der Waals surface area contributed by atoms with E-state index in [4.69, 9.17) is 9.57 Å². The van der Waals surface area contributed by atoms with Gasteiger partial charge in [0.2, 0.25) is 0 Å². The second-order valence-corrected chi connectivity index (χ2v) is 4.41. The Hall–Kier alpha value is -1.17. The van der Waals surface area contributed by atoms with Crippen LogP contribution >= 0.6 is 0 Å². The molecule has 1 aromatic heterocycles. The van der Waals surface area contributed by atoms with Crippen LogP contribution in [-0.4, -0.2) is 44.4 Å². The maximum atomic E-state index is 5.35. The van der Waals surface area contributed by atoms with Gasteiger partial charge >= 0.3 is 0 Å². The molecule has 18 heavy (non-hydrogen) atoms. The smallest absolute Gasteiger partial charge is 0.128 e. The monoisotopic (exact) mass is 251 g/mol. The van der Waals surface area contributed by atoms with E-state index < -0.39 is 0 Å². The van der Waals surface area contributed by atoms with Gasteiger partial charge in [0.1, 0.15) is 5.82 Å². The average Bonchev–Trinajstić information content (AvgIpc) is 2.45. The molecule has 1 fully saturated rings. The third-order valence-corrected chi connectivity index (χ3v) is 3.11. The highest BCUT2D eigenvalue weighted by atomic mass is 16.7. The van der Waals surface area contributed by atoms with E-state index in [9.17, 15) is 0 Å². The van der Waals surface area contributed by atoms with Crippen molar-refractivity contribution in [1.29, 1.82) is 0 Å². The molecule has 100 valence electrons. The molecule has 2 heterocycles. The second-order valence-electron chi connectivity index (χ2n) is 4.41. The first kappa shape index (κ1) is 13.3. The van der Waals surface area contributed by atoms with Crippen molar-refractivity contribution in [2.24, 2.45) is 0 Å². The largest absolute Gasteiger partial charge is 0.382 e. The van der Waals surface area contributed by atoms with E-state index in [-0.39, 0.29) is 0 Å². The van der Waals surface area contributed by atoms with E-state index in [1.54, 1.807) is 7.11 Å². The number of hydrogen-bond donors (Lipinski definition) is 1. The number of nitrogens with zero attached hydrogens (tertiary/aromatic N) is 2. The van der Waals surface area contributed by atoms with Gasteiger partial charge in [0.05, 0.1) is 13.2 Å². The number of nitrogens with one attached hydrogen (secondary N) is 1. The third kappa shape index (κ3) is 3.94. The number of aromatic nitrogens is 1. The molecule has 0 amide bonds. The summed E-state index contributed by atoms with van der Waals surface area (Å²) < 4.78 is 4.92. The van der Waals surface area contributed by atoms with Crippen molar-refractivity contribution in [2.45, 2.75) is 18.9 Å². The van der Waals surface area contributed by atoms with Crippen molar-refractivity contribution >= 4 is 5.82 Å². The minimum absolute atomic E-state index is 0.432. The van der Waals surface area contributed by atoms with Crippen LogP contribution in [0.2, 0.25) is 0 Å². The number of hydrogen-bond acceptors (Lipinski definition) is 5. The molecule has 0 bridgehead atoms. The van der Waals surface area contributed by atoms with Crippen LogP contribution < -0.4 is 10.4 Å². The molecule has 1 aromatic rings. The molecule has 0 radical (unpaired) electrons. The number of hydroxylamine groups is 1. The number of pyridine rings is 1. The maximum Gasteiger partial charge on any atom is 0.128 e. The van der Waals surface area contributed by atoms with E-state index in [1.165, 1.54) is 0 Å². The van der Waals surface area contributed by atoms with Crippen LogP contribution in [0.25, 0.3) is 0 Å². The van der Waals surface area contributed by atoms with Gasteiger partial charge in [-0.05, 0) is 25.0 Å². The molecular formula is C13H21N3O2. The lowest BCUT2D eigenvalue weighted by Crippen LogP contribution is -2.43. The fraction of sp³-hybridized carbons (Fsp3) is 0.615. The summed E-state index contributed by atoms with van der Waals surface area (Å²) >= 11 is 0. The lowest BCUT2D eigenvalue weighted by atomic mass is 10.1. The molecule has 1 aliphatic rings. The van der Waals surface area contributed by atoms with E-state index >= 15 is 0 Å². The normalized spacial score (nSPS) is 17.1. The SMILES string of the molecule is COCCONC1CCN(c2ccccn2)CC1. The van der Waals surface area contributed by atoms with Gasteiger partial charge in [-0.1, -0.05) is 6.07 Å². The van der Waals surface area contributed by atoms with Gasteiger partial charge in [-0.2, -0.15) is 5.48 Å². The van der Waals surface area contributed by atoms with Crippen LogP contribution in [0.4, 0.5) is 5.82 Å². The Morgan fingerprint density at radius 1 is 1.33 bits per heavy atom. The quantitative estimate of drug-likeness (QED) is 0.608. The maximum absolute atomic E-state index is 5.35. The van der Waals surface area contributed by atoms with Gasteiger partial charge in [-0.3, -0.25) is 4.84 Å². The number of rotatable bonds is 6. The molecule has 0 aromatic carbocycles.